The van der Waals surface area contributed by atoms with Crippen molar-refractivity contribution < 1.29 is 9.53 Å². The van der Waals surface area contributed by atoms with E-state index in [4.69, 9.17) is 27.8 Å². The Morgan fingerprint density at radius 1 is 1.32 bits per heavy atom. The van der Waals surface area contributed by atoms with Crippen molar-refractivity contribution in [1.29, 1.82) is 0 Å². The third-order valence-corrected chi connectivity index (χ3v) is 3.69. The van der Waals surface area contributed by atoms with Crippen molar-refractivity contribution in [3.63, 3.8) is 0 Å². The van der Waals surface area contributed by atoms with Crippen LogP contribution in [0.1, 0.15) is 0 Å². The lowest BCUT2D eigenvalue weighted by Gasteiger charge is -2.11. The topological polar surface area (TPSA) is 116 Å². The second-order valence-corrected chi connectivity index (χ2v) is 5.30. The summed E-state index contributed by atoms with van der Waals surface area (Å²) in [6.07, 6.45) is 2.63. The van der Waals surface area contributed by atoms with Crippen LogP contribution in [0.3, 0.4) is 0 Å². The Labute approximate surface area is 150 Å². The molecule has 0 bridgehead atoms. The van der Waals surface area contributed by atoms with Gasteiger partial charge in [-0.15, -0.1) is 0 Å². The Kier molecular flexibility index (Phi) is 5.97. The van der Waals surface area contributed by atoms with E-state index in [1.54, 1.807) is 37.4 Å². The van der Waals surface area contributed by atoms with Crippen molar-refractivity contribution in [2.24, 2.45) is 10.7 Å². The van der Waals surface area contributed by atoms with Crippen molar-refractivity contribution in [2.75, 3.05) is 25.2 Å². The van der Waals surface area contributed by atoms with Gasteiger partial charge in [0.15, 0.2) is 0 Å². The van der Waals surface area contributed by atoms with Gasteiger partial charge in [0, 0.05) is 23.2 Å². The maximum Gasteiger partial charge on any atom is 0.274 e. The minimum atomic E-state index is -0.441. The van der Waals surface area contributed by atoms with Crippen LogP contribution in [0.4, 0.5) is 11.6 Å². The maximum atomic E-state index is 12.1. The van der Waals surface area contributed by atoms with Gasteiger partial charge >= 0.3 is 0 Å². The number of hydrogen-bond donors (Lipinski definition) is 3. The van der Waals surface area contributed by atoms with E-state index < -0.39 is 5.91 Å². The van der Waals surface area contributed by atoms with Crippen LogP contribution in [0.15, 0.2) is 47.6 Å². The summed E-state index contributed by atoms with van der Waals surface area (Å²) in [6, 6.07) is 8.58. The zero-order valence-electron chi connectivity index (χ0n) is 13.8. The highest BCUT2D eigenvalue weighted by Crippen LogP contribution is 2.34. The molecule has 2 aromatic rings. The van der Waals surface area contributed by atoms with Gasteiger partial charge in [0.1, 0.15) is 23.1 Å². The molecular weight excluding hydrogens is 342 g/mol. The number of methoxy groups -OCH3 is 1. The summed E-state index contributed by atoms with van der Waals surface area (Å²) < 4.78 is 5.20. The molecule has 0 atom stereocenters. The van der Waals surface area contributed by atoms with Crippen LogP contribution >= 0.6 is 11.6 Å². The number of halogens is 1. The highest BCUT2D eigenvalue weighted by atomic mass is 35.5. The lowest BCUT2D eigenvalue weighted by atomic mass is 10.1. The van der Waals surface area contributed by atoms with Crippen LogP contribution in [-0.2, 0) is 4.79 Å². The first-order chi connectivity index (χ1) is 12.0. The summed E-state index contributed by atoms with van der Waals surface area (Å²) in [5, 5.41) is 3.12. The van der Waals surface area contributed by atoms with Crippen LogP contribution in [0, 0.1) is 0 Å². The normalized spacial score (nSPS) is 11.6. The molecule has 0 saturated heterocycles. The number of aliphatic imine (C=N–C) groups is 1. The molecule has 1 heterocycles. The molecule has 2 rings (SSSR count). The number of hydrogen-bond acceptors (Lipinski definition) is 6. The lowest BCUT2D eigenvalue weighted by molar-refractivity contribution is -0.110. The second-order valence-electron chi connectivity index (χ2n) is 4.90. The first-order valence-corrected chi connectivity index (χ1v) is 7.64. The van der Waals surface area contributed by atoms with Gasteiger partial charge in [-0.3, -0.25) is 9.79 Å². The molecule has 0 aliphatic carbocycles. The number of nitrogens with zero attached hydrogens (tertiary/aromatic N) is 2. The van der Waals surface area contributed by atoms with E-state index >= 15 is 0 Å². The molecule has 8 heteroatoms. The Hall–Kier alpha value is -3.06. The number of carbonyl (C=O) groups excluding carboxylic acids is 1. The average Bonchev–Trinajstić information content (AvgIpc) is 2.60. The Balaban J connectivity index is 2.31. The highest BCUT2D eigenvalue weighted by molar-refractivity contribution is 6.47. The van der Waals surface area contributed by atoms with Crippen LogP contribution < -0.4 is 21.5 Å². The zero-order valence-corrected chi connectivity index (χ0v) is 14.5. The fraction of sp³-hybridized carbons (Fsp3) is 0.118. The van der Waals surface area contributed by atoms with Gasteiger partial charge in [0.05, 0.1) is 7.11 Å². The Bertz CT molecular complexity index is 849. The molecule has 0 saturated carbocycles. The number of nitrogens with two attached hydrogens (primary N) is 2. The number of ether oxygens (including phenoxy) is 1. The standard InChI is InChI=1S/C17H18ClN5O2/c1-21-14(7-8-19)17(24)23-15-6-4-11(16(20)22-15)12-9-10(25-2)3-5-13(12)18/h3-9H,19H2,1-2H3,(H3,20,22,23,24). The predicted octanol–water partition coefficient (Wildman–Crippen LogP) is 2.47. The number of nitrogens with one attached hydrogen (secondary N) is 1. The number of pyridine rings is 1. The minimum Gasteiger partial charge on any atom is -0.497 e. The number of anilines is 2. The van der Waals surface area contributed by atoms with E-state index in [9.17, 15) is 4.79 Å². The predicted molar refractivity (Wildman–Crippen MR) is 101 cm³/mol. The first-order valence-electron chi connectivity index (χ1n) is 7.27. The number of aromatic nitrogens is 1. The molecule has 0 aliphatic rings. The van der Waals surface area contributed by atoms with Crippen molar-refractivity contribution in [1.82, 2.24) is 4.98 Å². The van der Waals surface area contributed by atoms with Gasteiger partial charge in [0.2, 0.25) is 0 Å². The van der Waals surface area contributed by atoms with E-state index in [-0.39, 0.29) is 17.3 Å². The molecule has 0 unspecified atom stereocenters. The smallest absolute Gasteiger partial charge is 0.274 e. The molecule has 1 aromatic heterocycles. The molecular formula is C17H18ClN5O2. The molecule has 0 radical (unpaired) electrons. The largest absolute Gasteiger partial charge is 0.497 e. The van der Waals surface area contributed by atoms with Crippen molar-refractivity contribution in [3.8, 4) is 16.9 Å². The highest BCUT2D eigenvalue weighted by Gasteiger charge is 2.13. The van der Waals surface area contributed by atoms with E-state index in [2.05, 4.69) is 15.3 Å². The van der Waals surface area contributed by atoms with Gasteiger partial charge in [-0.1, -0.05) is 11.6 Å². The summed E-state index contributed by atoms with van der Waals surface area (Å²) in [4.78, 5) is 20.1. The summed E-state index contributed by atoms with van der Waals surface area (Å²) in [5.41, 5.74) is 12.8. The minimum absolute atomic E-state index is 0.169. The second kappa shape index (κ2) is 8.16. The molecule has 1 amide bonds. The summed E-state index contributed by atoms with van der Waals surface area (Å²) in [5.74, 6) is 0.714. The number of nitrogen functional groups attached to an aromatic ring is 1. The Morgan fingerprint density at radius 3 is 2.68 bits per heavy atom. The average molecular weight is 360 g/mol. The van der Waals surface area contributed by atoms with Crippen molar-refractivity contribution in [3.05, 3.63) is 47.6 Å². The molecule has 5 N–H and O–H groups in total. The van der Waals surface area contributed by atoms with Crippen LogP contribution in [0.5, 0.6) is 5.75 Å². The zero-order chi connectivity index (χ0) is 18.4. The third-order valence-electron chi connectivity index (χ3n) is 3.36. The first kappa shape index (κ1) is 18.3. The number of rotatable bonds is 5. The molecule has 1 aromatic carbocycles. The van der Waals surface area contributed by atoms with Crippen molar-refractivity contribution >= 4 is 34.9 Å². The monoisotopic (exact) mass is 359 g/mol. The summed E-state index contributed by atoms with van der Waals surface area (Å²) in [6.45, 7) is 0. The van der Waals surface area contributed by atoms with E-state index in [1.807, 2.05) is 0 Å². The van der Waals surface area contributed by atoms with Crippen LogP contribution in [-0.4, -0.2) is 30.8 Å². The fourth-order valence-electron chi connectivity index (χ4n) is 2.13. The van der Waals surface area contributed by atoms with Crippen molar-refractivity contribution in [2.45, 2.75) is 0 Å². The van der Waals surface area contributed by atoms with Gasteiger partial charge in [-0.05, 0) is 42.6 Å². The lowest BCUT2D eigenvalue weighted by Crippen LogP contribution is -2.22. The van der Waals surface area contributed by atoms with Crippen LogP contribution in [0.25, 0.3) is 11.1 Å². The summed E-state index contributed by atoms with van der Waals surface area (Å²) in [7, 11) is 3.06. The van der Waals surface area contributed by atoms with Gasteiger partial charge in [-0.25, -0.2) is 4.98 Å². The van der Waals surface area contributed by atoms with E-state index in [0.717, 1.165) is 0 Å². The summed E-state index contributed by atoms with van der Waals surface area (Å²) >= 11 is 6.24. The quantitative estimate of drug-likeness (QED) is 0.709. The Morgan fingerprint density at radius 2 is 2.08 bits per heavy atom. The maximum absolute atomic E-state index is 12.1. The number of benzene rings is 1. The molecule has 0 fully saturated rings. The van der Waals surface area contributed by atoms with E-state index in [0.29, 0.717) is 21.9 Å². The van der Waals surface area contributed by atoms with E-state index in [1.165, 1.54) is 19.3 Å². The molecule has 25 heavy (non-hydrogen) atoms. The van der Waals surface area contributed by atoms with Gasteiger partial charge < -0.3 is 21.5 Å². The SMILES string of the molecule is CN=C(C=CN)C(=O)Nc1ccc(-c2cc(OC)ccc2Cl)c(N)n1. The third kappa shape index (κ3) is 4.27. The molecule has 0 aliphatic heterocycles. The number of amides is 1. The van der Waals surface area contributed by atoms with Crippen LogP contribution in [0.2, 0.25) is 5.02 Å². The molecule has 0 spiro atoms. The molecule has 7 nitrogen and oxygen atoms in total. The van der Waals surface area contributed by atoms with Gasteiger partial charge in [-0.2, -0.15) is 0 Å². The molecule has 130 valence electrons. The fourth-order valence-corrected chi connectivity index (χ4v) is 2.35. The van der Waals surface area contributed by atoms with Gasteiger partial charge in [0.25, 0.3) is 5.91 Å². The number of carbonyl (C=O) groups is 1.